The Labute approximate surface area is 161 Å². The highest BCUT2D eigenvalue weighted by atomic mass is 35.5. The van der Waals surface area contributed by atoms with Crippen molar-refractivity contribution in [1.29, 1.82) is 0 Å². The van der Waals surface area contributed by atoms with Gasteiger partial charge in [0, 0.05) is 25.9 Å². The van der Waals surface area contributed by atoms with Gasteiger partial charge in [-0.25, -0.2) is 9.59 Å². The fraction of sp³-hybridized carbons (Fsp3) is 0.529. The van der Waals surface area contributed by atoms with E-state index < -0.39 is 33.8 Å². The van der Waals surface area contributed by atoms with Crippen LogP contribution in [0.1, 0.15) is 44.0 Å². The number of hydrogen-bond donors (Lipinski definition) is 1. The van der Waals surface area contributed by atoms with Crippen LogP contribution in [0.3, 0.4) is 0 Å². The van der Waals surface area contributed by atoms with Crippen molar-refractivity contribution in [3.8, 4) is 5.75 Å². The summed E-state index contributed by atoms with van der Waals surface area (Å²) >= 11 is 6.03. The van der Waals surface area contributed by atoms with Crippen molar-refractivity contribution < 1.29 is 29.1 Å². The summed E-state index contributed by atoms with van der Waals surface area (Å²) in [6, 6.07) is 2.03. The van der Waals surface area contributed by atoms with Crippen LogP contribution >= 0.6 is 11.6 Å². The van der Waals surface area contributed by atoms with Crippen LogP contribution in [-0.2, 0) is 4.74 Å². The molecular formula is C17H21ClN2O7. The third kappa shape index (κ3) is 5.46. The number of carboxylic acid groups (broad SMARTS) is 1. The van der Waals surface area contributed by atoms with E-state index in [2.05, 4.69) is 0 Å². The largest absolute Gasteiger partial charge is 0.488 e. The molecule has 0 bridgehead atoms. The summed E-state index contributed by atoms with van der Waals surface area (Å²) in [5.74, 6) is -1.40. The summed E-state index contributed by atoms with van der Waals surface area (Å²) in [5.41, 5.74) is -1.67. The maximum atomic E-state index is 12.1. The minimum absolute atomic E-state index is 0.0208. The first-order valence-corrected chi connectivity index (χ1v) is 8.71. The number of halogens is 1. The number of ether oxygens (including phenoxy) is 2. The van der Waals surface area contributed by atoms with Crippen LogP contribution in [0.15, 0.2) is 12.1 Å². The number of benzene rings is 1. The molecule has 10 heteroatoms. The zero-order valence-corrected chi connectivity index (χ0v) is 16.0. The van der Waals surface area contributed by atoms with Gasteiger partial charge in [0.1, 0.15) is 23.0 Å². The Morgan fingerprint density at radius 3 is 2.37 bits per heavy atom. The molecule has 9 nitrogen and oxygen atoms in total. The normalized spacial score (nSPS) is 15.3. The maximum Gasteiger partial charge on any atom is 0.410 e. The van der Waals surface area contributed by atoms with E-state index in [1.54, 1.807) is 25.7 Å². The van der Waals surface area contributed by atoms with E-state index in [4.69, 9.17) is 26.2 Å². The molecule has 0 atom stereocenters. The first-order chi connectivity index (χ1) is 12.5. The van der Waals surface area contributed by atoms with Crippen LogP contribution in [0.2, 0.25) is 5.02 Å². The van der Waals surface area contributed by atoms with Crippen molar-refractivity contribution in [2.45, 2.75) is 45.3 Å². The van der Waals surface area contributed by atoms with Gasteiger partial charge in [0.2, 0.25) is 0 Å². The molecule has 1 saturated heterocycles. The lowest BCUT2D eigenvalue weighted by Gasteiger charge is -2.33. The number of carboxylic acids is 1. The van der Waals surface area contributed by atoms with Crippen LogP contribution < -0.4 is 4.74 Å². The number of likely N-dealkylation sites (tertiary alicyclic amines) is 1. The number of amides is 1. The van der Waals surface area contributed by atoms with Gasteiger partial charge in [-0.1, -0.05) is 11.6 Å². The van der Waals surface area contributed by atoms with E-state index in [1.807, 2.05) is 0 Å². The van der Waals surface area contributed by atoms with Gasteiger partial charge in [-0.2, -0.15) is 0 Å². The summed E-state index contributed by atoms with van der Waals surface area (Å²) in [6.45, 7) is 6.18. The molecule has 1 amide bonds. The number of nitro groups is 1. The predicted molar refractivity (Wildman–Crippen MR) is 96.5 cm³/mol. The molecule has 1 heterocycles. The summed E-state index contributed by atoms with van der Waals surface area (Å²) < 4.78 is 11.1. The Kier molecular flexibility index (Phi) is 6.15. The van der Waals surface area contributed by atoms with Crippen LogP contribution in [-0.4, -0.2) is 51.8 Å². The van der Waals surface area contributed by atoms with Crippen LogP contribution in [0.25, 0.3) is 0 Å². The van der Waals surface area contributed by atoms with Gasteiger partial charge >= 0.3 is 12.1 Å². The minimum atomic E-state index is -1.44. The second-order valence-corrected chi connectivity index (χ2v) is 7.55. The van der Waals surface area contributed by atoms with Gasteiger partial charge in [0.15, 0.2) is 0 Å². The number of carbonyl (C=O) groups is 2. The van der Waals surface area contributed by atoms with Gasteiger partial charge in [0.25, 0.3) is 5.69 Å². The SMILES string of the molecule is CC(C)(C)OC(=O)N1CCC(Oc2cc([N+](=O)[O-])c(C(=O)O)cc2Cl)CC1. The molecule has 1 N–H and O–H groups in total. The van der Waals surface area contributed by atoms with Gasteiger partial charge in [0.05, 0.1) is 16.0 Å². The van der Waals surface area contributed by atoms with E-state index in [-0.39, 0.29) is 16.9 Å². The smallest absolute Gasteiger partial charge is 0.410 e. The monoisotopic (exact) mass is 400 g/mol. The average Bonchev–Trinajstić information content (AvgIpc) is 2.55. The molecule has 1 aromatic rings. The molecule has 1 aromatic carbocycles. The topological polar surface area (TPSA) is 119 Å². The predicted octanol–water partition coefficient (Wildman–Crippen LogP) is 3.72. The summed E-state index contributed by atoms with van der Waals surface area (Å²) in [4.78, 5) is 35.1. The standard InChI is InChI=1S/C17H21ClN2O7/c1-17(2,3)27-16(23)19-6-4-10(5-7-19)26-14-9-13(20(24)25)11(15(21)22)8-12(14)18/h8-10H,4-7H2,1-3H3,(H,21,22). The van der Waals surface area contributed by atoms with Crippen LogP contribution in [0.5, 0.6) is 5.75 Å². The molecule has 2 rings (SSSR count). The van der Waals surface area contributed by atoms with E-state index in [1.165, 1.54) is 0 Å². The van der Waals surface area contributed by atoms with Crippen molar-refractivity contribution in [3.05, 3.63) is 32.8 Å². The van der Waals surface area contributed by atoms with Gasteiger partial charge < -0.3 is 19.5 Å². The summed E-state index contributed by atoms with van der Waals surface area (Å²) in [6.07, 6.45) is 0.269. The van der Waals surface area contributed by atoms with Gasteiger partial charge in [-0.3, -0.25) is 10.1 Å². The van der Waals surface area contributed by atoms with E-state index >= 15 is 0 Å². The molecule has 0 saturated carbocycles. The molecule has 1 aliphatic rings. The molecule has 0 radical (unpaired) electrons. The number of piperidine rings is 1. The average molecular weight is 401 g/mol. The van der Waals surface area contributed by atoms with Crippen molar-refractivity contribution >= 4 is 29.4 Å². The van der Waals surface area contributed by atoms with Gasteiger partial charge in [-0.15, -0.1) is 0 Å². The Balaban J connectivity index is 2.05. The highest BCUT2D eigenvalue weighted by Gasteiger charge is 2.29. The molecule has 0 unspecified atom stereocenters. The van der Waals surface area contributed by atoms with Crippen LogP contribution in [0.4, 0.5) is 10.5 Å². The van der Waals surface area contributed by atoms with E-state index in [0.717, 1.165) is 12.1 Å². The lowest BCUT2D eigenvalue weighted by Crippen LogP contribution is -2.44. The number of carbonyl (C=O) groups excluding carboxylic acids is 1. The Morgan fingerprint density at radius 1 is 1.30 bits per heavy atom. The first kappa shape index (κ1) is 20.8. The zero-order valence-electron chi connectivity index (χ0n) is 15.2. The fourth-order valence-corrected chi connectivity index (χ4v) is 2.83. The molecular weight excluding hydrogens is 380 g/mol. The summed E-state index contributed by atoms with van der Waals surface area (Å²) in [7, 11) is 0. The van der Waals surface area contributed by atoms with Crippen molar-refractivity contribution in [2.75, 3.05) is 13.1 Å². The lowest BCUT2D eigenvalue weighted by molar-refractivity contribution is -0.385. The molecule has 0 aromatic heterocycles. The molecule has 0 spiro atoms. The third-order valence-electron chi connectivity index (χ3n) is 3.86. The lowest BCUT2D eigenvalue weighted by atomic mass is 10.1. The fourth-order valence-electron chi connectivity index (χ4n) is 2.62. The number of hydrogen-bond acceptors (Lipinski definition) is 6. The minimum Gasteiger partial charge on any atom is -0.488 e. The molecule has 148 valence electrons. The molecule has 1 aliphatic heterocycles. The molecule has 27 heavy (non-hydrogen) atoms. The number of rotatable bonds is 4. The number of nitrogens with zero attached hydrogens (tertiary/aromatic N) is 2. The van der Waals surface area contributed by atoms with Crippen molar-refractivity contribution in [3.63, 3.8) is 0 Å². The first-order valence-electron chi connectivity index (χ1n) is 8.33. The zero-order chi connectivity index (χ0) is 20.4. The second kappa shape index (κ2) is 7.99. The van der Waals surface area contributed by atoms with Crippen LogP contribution in [0, 0.1) is 10.1 Å². The van der Waals surface area contributed by atoms with Gasteiger partial charge in [-0.05, 0) is 26.8 Å². The number of aromatic carboxylic acids is 1. The maximum absolute atomic E-state index is 12.1. The Morgan fingerprint density at radius 2 is 1.89 bits per heavy atom. The highest BCUT2D eigenvalue weighted by molar-refractivity contribution is 6.32. The summed E-state index contributed by atoms with van der Waals surface area (Å²) in [5, 5.41) is 20.1. The second-order valence-electron chi connectivity index (χ2n) is 7.15. The van der Waals surface area contributed by atoms with Crippen molar-refractivity contribution in [2.24, 2.45) is 0 Å². The van der Waals surface area contributed by atoms with Crippen molar-refractivity contribution in [1.82, 2.24) is 4.90 Å². The van der Waals surface area contributed by atoms with E-state index in [9.17, 15) is 19.7 Å². The quantitative estimate of drug-likeness (QED) is 0.604. The molecule has 0 aliphatic carbocycles. The molecule has 1 fully saturated rings. The third-order valence-corrected chi connectivity index (χ3v) is 4.16. The Hall–Kier alpha value is -2.55. The van der Waals surface area contributed by atoms with E-state index in [0.29, 0.717) is 25.9 Å². The number of nitro benzene ring substituents is 1. The highest BCUT2D eigenvalue weighted by Crippen LogP contribution is 2.34. The Bertz CT molecular complexity index is 752.